The van der Waals surface area contributed by atoms with Gasteiger partial charge in [-0.3, -0.25) is 14.3 Å². The number of amides is 1. The maximum absolute atomic E-state index is 12.6. The number of anilines is 1. The van der Waals surface area contributed by atoms with Crippen molar-refractivity contribution >= 4 is 46.6 Å². The number of thioether (sulfide) groups is 1. The number of pyridine rings is 1. The molecule has 4 aromatic rings. The average Bonchev–Trinajstić information content (AvgIpc) is 3.25. The van der Waals surface area contributed by atoms with Gasteiger partial charge in [-0.15, -0.1) is 10.2 Å². The molecule has 0 saturated heterocycles. The number of hydrogen-bond acceptors (Lipinski definition) is 6. The van der Waals surface area contributed by atoms with Crippen molar-refractivity contribution < 1.29 is 9.53 Å². The van der Waals surface area contributed by atoms with E-state index >= 15 is 0 Å². The van der Waals surface area contributed by atoms with Crippen LogP contribution >= 0.6 is 35.0 Å². The van der Waals surface area contributed by atoms with Gasteiger partial charge in [0.1, 0.15) is 5.75 Å². The number of nitrogens with one attached hydrogen (secondary N) is 1. The third-order valence-corrected chi connectivity index (χ3v) is 5.97. The van der Waals surface area contributed by atoms with E-state index in [0.717, 1.165) is 17.0 Å². The molecule has 0 atom stereocenters. The Bertz CT molecular complexity index is 1250. The van der Waals surface area contributed by atoms with E-state index in [1.807, 2.05) is 47.9 Å². The van der Waals surface area contributed by atoms with Crippen LogP contribution in [-0.2, 0) is 4.79 Å². The fourth-order valence-electron chi connectivity index (χ4n) is 3.04. The van der Waals surface area contributed by atoms with Crippen molar-refractivity contribution in [3.8, 4) is 22.8 Å². The molecule has 2 aromatic carbocycles. The monoisotopic (exact) mass is 499 g/mol. The van der Waals surface area contributed by atoms with Crippen LogP contribution in [0.1, 0.15) is 6.92 Å². The highest BCUT2D eigenvalue weighted by molar-refractivity contribution is 7.99. The largest absolute Gasteiger partial charge is 0.494 e. The highest BCUT2D eigenvalue weighted by Gasteiger charge is 2.18. The Balaban J connectivity index is 1.58. The van der Waals surface area contributed by atoms with E-state index in [2.05, 4.69) is 20.5 Å². The normalized spacial score (nSPS) is 10.8. The summed E-state index contributed by atoms with van der Waals surface area (Å²) in [5.74, 6) is 1.27. The van der Waals surface area contributed by atoms with Crippen molar-refractivity contribution in [1.29, 1.82) is 0 Å². The Morgan fingerprint density at radius 2 is 1.94 bits per heavy atom. The van der Waals surface area contributed by atoms with E-state index in [1.165, 1.54) is 11.8 Å². The molecule has 7 nitrogen and oxygen atoms in total. The minimum Gasteiger partial charge on any atom is -0.494 e. The van der Waals surface area contributed by atoms with Gasteiger partial charge in [0.2, 0.25) is 5.91 Å². The van der Waals surface area contributed by atoms with E-state index in [1.54, 1.807) is 30.6 Å². The zero-order valence-corrected chi connectivity index (χ0v) is 19.9. The van der Waals surface area contributed by atoms with E-state index in [0.29, 0.717) is 33.3 Å². The summed E-state index contributed by atoms with van der Waals surface area (Å²) in [6.07, 6.45) is 3.42. The van der Waals surface area contributed by atoms with Crippen LogP contribution < -0.4 is 10.1 Å². The molecule has 1 amide bonds. The number of ether oxygens (including phenoxy) is 1. The summed E-state index contributed by atoms with van der Waals surface area (Å²) in [4.78, 5) is 16.7. The van der Waals surface area contributed by atoms with Crippen molar-refractivity contribution in [3.63, 3.8) is 0 Å². The molecule has 0 fully saturated rings. The van der Waals surface area contributed by atoms with E-state index in [4.69, 9.17) is 27.9 Å². The van der Waals surface area contributed by atoms with Gasteiger partial charge in [-0.25, -0.2) is 0 Å². The Morgan fingerprint density at radius 1 is 1.12 bits per heavy atom. The van der Waals surface area contributed by atoms with Crippen LogP contribution in [0.2, 0.25) is 10.0 Å². The Morgan fingerprint density at radius 3 is 2.64 bits per heavy atom. The lowest BCUT2D eigenvalue weighted by atomic mass is 10.2. The van der Waals surface area contributed by atoms with Crippen molar-refractivity contribution in [1.82, 2.24) is 19.7 Å². The molecule has 0 bridgehead atoms. The van der Waals surface area contributed by atoms with Crippen molar-refractivity contribution in [3.05, 3.63) is 77.0 Å². The summed E-state index contributed by atoms with van der Waals surface area (Å²) in [5.41, 5.74) is 2.14. The molecule has 0 saturated carbocycles. The lowest BCUT2D eigenvalue weighted by Crippen LogP contribution is -2.15. The lowest BCUT2D eigenvalue weighted by Gasteiger charge is -2.12. The van der Waals surface area contributed by atoms with Gasteiger partial charge in [0, 0.05) is 28.7 Å². The van der Waals surface area contributed by atoms with Gasteiger partial charge >= 0.3 is 0 Å². The summed E-state index contributed by atoms with van der Waals surface area (Å²) >= 11 is 13.3. The quantitative estimate of drug-likeness (QED) is 0.310. The number of hydrogen-bond donors (Lipinski definition) is 1. The van der Waals surface area contributed by atoms with Crippen molar-refractivity contribution in [2.24, 2.45) is 0 Å². The van der Waals surface area contributed by atoms with Crippen LogP contribution in [-0.4, -0.2) is 38.0 Å². The van der Waals surface area contributed by atoms with E-state index in [-0.39, 0.29) is 11.7 Å². The number of halogens is 2. The molecule has 0 radical (unpaired) electrons. The Kier molecular flexibility index (Phi) is 7.49. The molecule has 4 rings (SSSR count). The standard InChI is InChI=1S/C23H19Cl2N5O2S/c1-2-32-18-8-6-17(7-9-18)30-22(15-4-3-11-26-13-15)28-29-23(30)33-14-21(31)27-20-10-5-16(24)12-19(20)25/h3-13H,2,14H2,1H3,(H,27,31). The third kappa shape index (κ3) is 5.65. The van der Waals surface area contributed by atoms with Gasteiger partial charge in [0.25, 0.3) is 0 Å². The van der Waals surface area contributed by atoms with Crippen LogP contribution in [0.15, 0.2) is 72.1 Å². The topological polar surface area (TPSA) is 81.9 Å². The third-order valence-electron chi connectivity index (χ3n) is 4.50. The van der Waals surface area contributed by atoms with Gasteiger partial charge < -0.3 is 10.1 Å². The minimum absolute atomic E-state index is 0.112. The molecule has 0 unspecified atom stereocenters. The number of benzene rings is 2. The molecular formula is C23H19Cl2N5O2S. The van der Waals surface area contributed by atoms with Crippen LogP contribution in [0.4, 0.5) is 5.69 Å². The zero-order chi connectivity index (χ0) is 23.2. The number of carbonyl (C=O) groups excluding carboxylic acids is 1. The molecular weight excluding hydrogens is 481 g/mol. The number of carbonyl (C=O) groups is 1. The summed E-state index contributed by atoms with van der Waals surface area (Å²) in [7, 11) is 0. The van der Waals surface area contributed by atoms with Crippen LogP contribution in [0, 0.1) is 0 Å². The fourth-order valence-corrected chi connectivity index (χ4v) is 4.25. The first-order valence-electron chi connectivity index (χ1n) is 10.0. The Hall–Kier alpha value is -3.07. The molecule has 33 heavy (non-hydrogen) atoms. The van der Waals surface area contributed by atoms with Crippen LogP contribution in [0.5, 0.6) is 5.75 Å². The maximum atomic E-state index is 12.6. The molecule has 168 valence electrons. The van der Waals surface area contributed by atoms with Crippen LogP contribution in [0.25, 0.3) is 17.1 Å². The average molecular weight is 500 g/mol. The molecule has 0 aliphatic carbocycles. The Labute approximate surface area is 205 Å². The van der Waals surface area contributed by atoms with E-state index < -0.39 is 0 Å². The van der Waals surface area contributed by atoms with Gasteiger partial charge in [0.15, 0.2) is 11.0 Å². The predicted molar refractivity (Wildman–Crippen MR) is 132 cm³/mol. The van der Waals surface area contributed by atoms with Crippen LogP contribution in [0.3, 0.4) is 0 Å². The first-order valence-corrected chi connectivity index (χ1v) is 11.8. The maximum Gasteiger partial charge on any atom is 0.234 e. The second-order valence-corrected chi connectivity index (χ2v) is 8.56. The van der Waals surface area contributed by atoms with Gasteiger partial charge in [-0.2, -0.15) is 0 Å². The van der Waals surface area contributed by atoms with E-state index in [9.17, 15) is 4.79 Å². The van der Waals surface area contributed by atoms with Gasteiger partial charge in [-0.05, 0) is 61.5 Å². The number of nitrogens with zero attached hydrogens (tertiary/aromatic N) is 4. The van der Waals surface area contributed by atoms with Crippen molar-refractivity contribution in [2.45, 2.75) is 12.1 Å². The second-order valence-electron chi connectivity index (χ2n) is 6.77. The molecule has 2 aromatic heterocycles. The smallest absolute Gasteiger partial charge is 0.234 e. The summed E-state index contributed by atoms with van der Waals surface area (Å²) < 4.78 is 7.44. The van der Waals surface area contributed by atoms with Crippen molar-refractivity contribution in [2.75, 3.05) is 17.7 Å². The summed E-state index contributed by atoms with van der Waals surface area (Å²) in [6, 6.07) is 16.3. The molecule has 0 aliphatic rings. The molecule has 2 heterocycles. The molecule has 10 heteroatoms. The zero-order valence-electron chi connectivity index (χ0n) is 17.5. The highest BCUT2D eigenvalue weighted by Crippen LogP contribution is 2.29. The number of rotatable bonds is 8. The second kappa shape index (κ2) is 10.7. The van der Waals surface area contributed by atoms with Gasteiger partial charge in [-0.1, -0.05) is 35.0 Å². The lowest BCUT2D eigenvalue weighted by molar-refractivity contribution is -0.113. The first kappa shape index (κ1) is 23.1. The predicted octanol–water partition coefficient (Wildman–Crippen LogP) is 5.77. The summed E-state index contributed by atoms with van der Waals surface area (Å²) in [5, 5.41) is 12.9. The molecule has 0 spiro atoms. The summed E-state index contributed by atoms with van der Waals surface area (Å²) in [6.45, 7) is 2.52. The highest BCUT2D eigenvalue weighted by atomic mass is 35.5. The molecule has 1 N–H and O–H groups in total. The SMILES string of the molecule is CCOc1ccc(-n2c(SCC(=O)Nc3ccc(Cl)cc3Cl)nnc2-c2cccnc2)cc1. The fraction of sp³-hybridized carbons (Fsp3) is 0.130. The first-order chi connectivity index (χ1) is 16.0. The molecule has 0 aliphatic heterocycles. The van der Waals surface area contributed by atoms with Gasteiger partial charge in [0.05, 0.1) is 23.1 Å². The minimum atomic E-state index is -0.228. The number of aromatic nitrogens is 4.